The number of aryl methyl sites for hydroxylation is 1. The molecule has 1 saturated heterocycles. The molecule has 9 heteroatoms. The predicted octanol–water partition coefficient (Wildman–Crippen LogP) is 4.13. The minimum atomic E-state index is 0.483. The summed E-state index contributed by atoms with van der Waals surface area (Å²) in [6.45, 7) is 5.83. The average molecular weight is 444 g/mol. The van der Waals surface area contributed by atoms with Gasteiger partial charge in [0.25, 0.3) is 0 Å². The molecule has 33 heavy (non-hydrogen) atoms. The number of hydrogen-bond donors (Lipinski definition) is 1. The Bertz CT molecular complexity index is 1210. The van der Waals surface area contributed by atoms with Crippen molar-refractivity contribution < 1.29 is 9.47 Å². The molecular formula is C24H25N7O2. The summed E-state index contributed by atoms with van der Waals surface area (Å²) in [5, 5.41) is 4.00. The third-order valence-electron chi connectivity index (χ3n) is 5.44. The Morgan fingerprint density at radius 1 is 0.909 bits per heavy atom. The average Bonchev–Trinajstić information content (AvgIpc) is 3.36. The number of rotatable bonds is 8. The summed E-state index contributed by atoms with van der Waals surface area (Å²) in [6.07, 6.45) is 9.13. The normalized spacial score (nSPS) is 13.8. The zero-order chi connectivity index (χ0) is 22.5. The van der Waals surface area contributed by atoms with Gasteiger partial charge >= 0.3 is 0 Å². The first-order chi connectivity index (χ1) is 16.2. The fourth-order valence-electron chi connectivity index (χ4n) is 3.71. The predicted molar refractivity (Wildman–Crippen MR) is 125 cm³/mol. The van der Waals surface area contributed by atoms with Gasteiger partial charge in [-0.05, 0) is 57.1 Å². The standard InChI is InChI=1S/C24H25N7O2/c1-17-13-26-22(15-25-17)30-24-20-12-18(4-6-21(20)28-16-29-24)33-23-7-5-19(14-27-23)32-11-10-31-8-2-3-9-31/h4-7,12-16H,2-3,8-11H2,1H3,(H,26,28,29,30). The van der Waals surface area contributed by atoms with Gasteiger partial charge in [0.1, 0.15) is 36.1 Å². The van der Waals surface area contributed by atoms with Crippen molar-refractivity contribution in [1.82, 2.24) is 29.8 Å². The van der Waals surface area contributed by atoms with Crippen molar-refractivity contribution in [3.63, 3.8) is 0 Å². The highest BCUT2D eigenvalue weighted by Crippen LogP contribution is 2.28. The molecular weight excluding hydrogens is 418 g/mol. The Morgan fingerprint density at radius 2 is 1.79 bits per heavy atom. The molecule has 0 amide bonds. The zero-order valence-corrected chi connectivity index (χ0v) is 18.4. The van der Waals surface area contributed by atoms with Crippen LogP contribution >= 0.6 is 0 Å². The highest BCUT2D eigenvalue weighted by atomic mass is 16.5. The number of aromatic nitrogens is 5. The Labute approximate surface area is 191 Å². The van der Waals surface area contributed by atoms with Crippen LogP contribution in [-0.4, -0.2) is 56.1 Å². The number of benzene rings is 1. The third kappa shape index (κ3) is 5.32. The van der Waals surface area contributed by atoms with Gasteiger partial charge in [0.15, 0.2) is 0 Å². The second-order valence-electron chi connectivity index (χ2n) is 7.90. The van der Waals surface area contributed by atoms with Crippen LogP contribution in [0, 0.1) is 6.92 Å². The maximum absolute atomic E-state index is 5.96. The Balaban J connectivity index is 1.26. The van der Waals surface area contributed by atoms with Gasteiger partial charge in [0.05, 0.1) is 29.8 Å². The number of hydrogen-bond acceptors (Lipinski definition) is 9. The van der Waals surface area contributed by atoms with E-state index in [0.717, 1.165) is 28.9 Å². The minimum Gasteiger partial charge on any atom is -0.491 e. The van der Waals surface area contributed by atoms with Crippen molar-refractivity contribution in [3.05, 3.63) is 60.9 Å². The van der Waals surface area contributed by atoms with Gasteiger partial charge in [0.2, 0.25) is 5.88 Å². The molecule has 3 aromatic heterocycles. The van der Waals surface area contributed by atoms with E-state index >= 15 is 0 Å². The van der Waals surface area contributed by atoms with E-state index in [1.165, 1.54) is 32.3 Å². The third-order valence-corrected chi connectivity index (χ3v) is 5.44. The van der Waals surface area contributed by atoms with Crippen molar-refractivity contribution in [3.8, 4) is 17.4 Å². The number of nitrogens with one attached hydrogen (secondary N) is 1. The van der Waals surface area contributed by atoms with E-state index in [0.29, 0.717) is 29.9 Å². The fraction of sp³-hybridized carbons (Fsp3) is 0.292. The van der Waals surface area contributed by atoms with Crippen molar-refractivity contribution >= 4 is 22.5 Å². The molecule has 1 fully saturated rings. The molecule has 0 atom stereocenters. The maximum atomic E-state index is 5.96. The number of ether oxygens (including phenoxy) is 2. The van der Waals surface area contributed by atoms with Crippen LogP contribution in [0.25, 0.3) is 10.9 Å². The smallest absolute Gasteiger partial charge is 0.219 e. The number of anilines is 2. The van der Waals surface area contributed by atoms with Crippen LogP contribution in [0.15, 0.2) is 55.2 Å². The van der Waals surface area contributed by atoms with E-state index in [1.54, 1.807) is 24.7 Å². The molecule has 1 aliphatic rings. The number of pyridine rings is 1. The topological polar surface area (TPSA) is 98.2 Å². The quantitative estimate of drug-likeness (QED) is 0.431. The van der Waals surface area contributed by atoms with Crippen LogP contribution in [0.4, 0.5) is 11.6 Å². The van der Waals surface area contributed by atoms with Crippen LogP contribution < -0.4 is 14.8 Å². The number of fused-ring (bicyclic) bond motifs is 1. The van der Waals surface area contributed by atoms with Gasteiger partial charge in [-0.1, -0.05) is 0 Å². The zero-order valence-electron chi connectivity index (χ0n) is 18.4. The van der Waals surface area contributed by atoms with Gasteiger partial charge in [-0.3, -0.25) is 9.88 Å². The summed E-state index contributed by atoms with van der Waals surface area (Å²) in [4.78, 5) is 24.1. The summed E-state index contributed by atoms with van der Waals surface area (Å²) in [7, 11) is 0. The van der Waals surface area contributed by atoms with Gasteiger partial charge in [0, 0.05) is 18.0 Å². The van der Waals surface area contributed by atoms with Crippen molar-refractivity contribution in [2.45, 2.75) is 19.8 Å². The van der Waals surface area contributed by atoms with E-state index in [-0.39, 0.29) is 0 Å². The largest absolute Gasteiger partial charge is 0.491 e. The first kappa shape index (κ1) is 21.0. The summed E-state index contributed by atoms with van der Waals surface area (Å²) in [6, 6.07) is 9.29. The molecule has 4 heterocycles. The van der Waals surface area contributed by atoms with E-state index in [4.69, 9.17) is 9.47 Å². The minimum absolute atomic E-state index is 0.483. The molecule has 168 valence electrons. The first-order valence-corrected chi connectivity index (χ1v) is 11.0. The number of nitrogens with zero attached hydrogens (tertiary/aromatic N) is 6. The van der Waals surface area contributed by atoms with Gasteiger partial charge in [-0.15, -0.1) is 0 Å². The molecule has 4 aromatic rings. The van der Waals surface area contributed by atoms with E-state index < -0.39 is 0 Å². The second kappa shape index (κ2) is 9.74. The van der Waals surface area contributed by atoms with Gasteiger partial charge in [-0.25, -0.2) is 19.9 Å². The van der Waals surface area contributed by atoms with Gasteiger partial charge < -0.3 is 14.8 Å². The molecule has 1 N–H and O–H groups in total. The Kier molecular flexibility index (Phi) is 6.21. The van der Waals surface area contributed by atoms with Crippen molar-refractivity contribution in [1.29, 1.82) is 0 Å². The molecule has 5 rings (SSSR count). The Morgan fingerprint density at radius 3 is 2.58 bits per heavy atom. The maximum Gasteiger partial charge on any atom is 0.219 e. The summed E-state index contributed by atoms with van der Waals surface area (Å²) in [5.41, 5.74) is 1.63. The first-order valence-electron chi connectivity index (χ1n) is 11.0. The molecule has 1 aromatic carbocycles. The SMILES string of the molecule is Cc1cnc(Nc2ncnc3ccc(Oc4ccc(OCCN5CCCC5)cn4)cc23)cn1. The molecule has 9 nitrogen and oxygen atoms in total. The lowest BCUT2D eigenvalue weighted by atomic mass is 10.2. The van der Waals surface area contributed by atoms with Crippen molar-refractivity contribution in [2.24, 2.45) is 0 Å². The molecule has 0 radical (unpaired) electrons. The van der Waals surface area contributed by atoms with E-state index in [1.807, 2.05) is 31.2 Å². The highest BCUT2D eigenvalue weighted by molar-refractivity contribution is 5.91. The van der Waals surface area contributed by atoms with Crippen LogP contribution in [-0.2, 0) is 0 Å². The summed E-state index contributed by atoms with van der Waals surface area (Å²) < 4.78 is 11.8. The van der Waals surface area contributed by atoms with Crippen molar-refractivity contribution in [2.75, 3.05) is 31.6 Å². The Hall–Kier alpha value is -3.85. The molecule has 0 unspecified atom stereocenters. The molecule has 0 bridgehead atoms. The van der Waals surface area contributed by atoms with Crippen LogP contribution in [0.1, 0.15) is 18.5 Å². The highest BCUT2D eigenvalue weighted by Gasteiger charge is 2.11. The van der Waals surface area contributed by atoms with Crippen LogP contribution in [0.2, 0.25) is 0 Å². The summed E-state index contributed by atoms with van der Waals surface area (Å²) in [5.74, 6) is 3.08. The lowest BCUT2D eigenvalue weighted by molar-refractivity contribution is 0.237. The number of likely N-dealkylation sites (tertiary alicyclic amines) is 1. The van der Waals surface area contributed by atoms with E-state index in [9.17, 15) is 0 Å². The van der Waals surface area contributed by atoms with E-state index in [2.05, 4.69) is 35.1 Å². The second-order valence-corrected chi connectivity index (χ2v) is 7.90. The monoisotopic (exact) mass is 443 g/mol. The lowest BCUT2D eigenvalue weighted by Crippen LogP contribution is -2.25. The fourth-order valence-corrected chi connectivity index (χ4v) is 3.71. The van der Waals surface area contributed by atoms with Crippen LogP contribution in [0.5, 0.6) is 17.4 Å². The summed E-state index contributed by atoms with van der Waals surface area (Å²) >= 11 is 0. The lowest BCUT2D eigenvalue weighted by Gasteiger charge is -2.14. The molecule has 0 aliphatic carbocycles. The molecule has 1 aliphatic heterocycles. The van der Waals surface area contributed by atoms with Crippen LogP contribution in [0.3, 0.4) is 0 Å². The van der Waals surface area contributed by atoms with Gasteiger partial charge in [-0.2, -0.15) is 0 Å². The molecule has 0 saturated carbocycles. The molecule has 0 spiro atoms.